The van der Waals surface area contributed by atoms with Gasteiger partial charge in [-0.25, -0.2) is 9.59 Å². The average Bonchev–Trinajstić information content (AvgIpc) is 2.40. The largest absolute Gasteiger partial charge is 0.391 e. The highest BCUT2D eigenvalue weighted by Gasteiger charge is 1.97. The molecule has 0 saturated carbocycles. The van der Waals surface area contributed by atoms with Crippen molar-refractivity contribution in [2.75, 3.05) is 5.73 Å². The fourth-order valence-corrected chi connectivity index (χ4v) is 1.12. The second-order valence-electron chi connectivity index (χ2n) is 3.53. The molecule has 10 heteroatoms. The van der Waals surface area contributed by atoms with Crippen LogP contribution in [-0.4, -0.2) is 30.1 Å². The van der Waals surface area contributed by atoms with Gasteiger partial charge < -0.3 is 25.9 Å². The molecule has 20 heavy (non-hydrogen) atoms. The zero-order valence-electron chi connectivity index (χ0n) is 10.2. The molecule has 0 saturated heterocycles. The van der Waals surface area contributed by atoms with E-state index >= 15 is 0 Å². The van der Waals surface area contributed by atoms with Crippen LogP contribution in [-0.2, 0) is 13.2 Å². The standard InChI is InChI=1S/C5H7N3O2.C5H6N2O3/c6-4-3(2-9)1-7-5(10)8-4;8-2-3-1-6-5(10)7-4(3)9/h1,9H,2H2,(H3,6,7,8,10);1,8H,2H2,(H2,6,7,9,10). The van der Waals surface area contributed by atoms with Gasteiger partial charge in [-0.05, 0) is 0 Å². The predicted octanol–water partition coefficient (Wildman–Crippen LogP) is -2.60. The third-order valence-corrected chi connectivity index (χ3v) is 2.16. The lowest BCUT2D eigenvalue weighted by Crippen LogP contribution is -2.24. The summed E-state index contributed by atoms with van der Waals surface area (Å²) in [5, 5.41) is 17.0. The van der Waals surface area contributed by atoms with Gasteiger partial charge in [0, 0.05) is 18.0 Å². The van der Waals surface area contributed by atoms with Crippen LogP contribution in [0.5, 0.6) is 0 Å². The number of anilines is 1. The summed E-state index contributed by atoms with van der Waals surface area (Å²) in [6.45, 7) is -0.582. The number of hydrogen-bond acceptors (Lipinski definition) is 7. The first-order valence-corrected chi connectivity index (χ1v) is 5.34. The molecule has 0 fully saturated rings. The van der Waals surface area contributed by atoms with E-state index in [0.29, 0.717) is 5.56 Å². The highest BCUT2D eigenvalue weighted by atomic mass is 16.3. The molecule has 0 atom stereocenters. The van der Waals surface area contributed by atoms with Gasteiger partial charge in [0.15, 0.2) is 0 Å². The number of aromatic nitrogens is 4. The molecule has 0 aliphatic carbocycles. The zero-order valence-corrected chi connectivity index (χ0v) is 10.2. The molecule has 0 bridgehead atoms. The molecule has 0 amide bonds. The Morgan fingerprint density at radius 1 is 1.05 bits per heavy atom. The molecule has 2 aromatic rings. The van der Waals surface area contributed by atoms with Crippen LogP contribution in [0.25, 0.3) is 0 Å². The Balaban J connectivity index is 0.000000200. The van der Waals surface area contributed by atoms with Crippen LogP contribution in [0.3, 0.4) is 0 Å². The van der Waals surface area contributed by atoms with Crippen molar-refractivity contribution in [1.82, 2.24) is 19.9 Å². The van der Waals surface area contributed by atoms with Crippen molar-refractivity contribution < 1.29 is 10.2 Å². The lowest BCUT2D eigenvalue weighted by atomic mass is 10.3. The second-order valence-corrected chi connectivity index (χ2v) is 3.53. The summed E-state index contributed by atoms with van der Waals surface area (Å²) in [6, 6.07) is 0. The number of hydrogen-bond donors (Lipinski definition) is 6. The van der Waals surface area contributed by atoms with Crippen LogP contribution in [0.15, 0.2) is 26.8 Å². The molecule has 7 N–H and O–H groups in total. The lowest BCUT2D eigenvalue weighted by Gasteiger charge is -1.96. The Morgan fingerprint density at radius 2 is 1.65 bits per heavy atom. The third kappa shape index (κ3) is 4.19. The van der Waals surface area contributed by atoms with E-state index in [1.54, 1.807) is 0 Å². The summed E-state index contributed by atoms with van der Waals surface area (Å²) in [5.74, 6) is 0.0752. The number of H-pyrrole nitrogens is 3. The fourth-order valence-electron chi connectivity index (χ4n) is 1.12. The molecular formula is C10H13N5O5. The molecular weight excluding hydrogens is 270 g/mol. The number of aliphatic hydroxyl groups excluding tert-OH is 2. The van der Waals surface area contributed by atoms with Gasteiger partial charge >= 0.3 is 11.4 Å². The number of nitrogens with zero attached hydrogens (tertiary/aromatic N) is 1. The molecule has 0 aliphatic heterocycles. The van der Waals surface area contributed by atoms with Crippen LogP contribution in [0.4, 0.5) is 5.82 Å². The van der Waals surface area contributed by atoms with E-state index in [9.17, 15) is 14.4 Å². The second kappa shape index (κ2) is 7.01. The van der Waals surface area contributed by atoms with Crippen molar-refractivity contribution in [3.8, 4) is 0 Å². The Hall–Kier alpha value is -2.72. The molecule has 0 radical (unpaired) electrons. The van der Waals surface area contributed by atoms with Crippen molar-refractivity contribution >= 4 is 5.82 Å². The van der Waals surface area contributed by atoms with Crippen molar-refractivity contribution in [1.29, 1.82) is 0 Å². The molecule has 2 rings (SSSR count). The van der Waals surface area contributed by atoms with Crippen molar-refractivity contribution in [2.45, 2.75) is 13.2 Å². The van der Waals surface area contributed by atoms with Crippen LogP contribution in [0.2, 0.25) is 0 Å². The fraction of sp³-hybridized carbons (Fsp3) is 0.200. The maximum atomic E-state index is 10.6. The summed E-state index contributed by atoms with van der Waals surface area (Å²) < 4.78 is 0. The maximum Gasteiger partial charge on any atom is 0.346 e. The van der Waals surface area contributed by atoms with Gasteiger partial charge in [-0.15, -0.1) is 0 Å². The average molecular weight is 283 g/mol. The molecule has 0 spiro atoms. The molecule has 0 aromatic carbocycles. The Morgan fingerprint density at radius 3 is 2.15 bits per heavy atom. The normalized spacial score (nSPS) is 9.70. The molecule has 2 aromatic heterocycles. The van der Waals surface area contributed by atoms with E-state index < -0.39 is 16.9 Å². The van der Waals surface area contributed by atoms with E-state index in [1.165, 1.54) is 12.4 Å². The summed E-state index contributed by atoms with van der Waals surface area (Å²) in [6.07, 6.45) is 2.52. The van der Waals surface area contributed by atoms with E-state index in [-0.39, 0.29) is 24.6 Å². The number of nitrogens with one attached hydrogen (secondary N) is 3. The van der Waals surface area contributed by atoms with Crippen LogP contribution < -0.4 is 22.7 Å². The summed E-state index contributed by atoms with van der Waals surface area (Å²) in [4.78, 5) is 41.3. The quantitative estimate of drug-likeness (QED) is 0.349. The molecule has 2 heterocycles. The zero-order chi connectivity index (χ0) is 15.1. The van der Waals surface area contributed by atoms with E-state index in [4.69, 9.17) is 15.9 Å². The summed E-state index contributed by atoms with van der Waals surface area (Å²) in [5.41, 5.74) is 4.20. The lowest BCUT2D eigenvalue weighted by molar-refractivity contribution is 0.279. The van der Waals surface area contributed by atoms with Gasteiger partial charge in [0.1, 0.15) is 5.82 Å². The van der Waals surface area contributed by atoms with Gasteiger partial charge in [0.05, 0.1) is 18.8 Å². The first kappa shape index (κ1) is 15.3. The topological polar surface area (TPSA) is 178 Å². The van der Waals surface area contributed by atoms with Crippen molar-refractivity contribution in [3.05, 3.63) is 54.8 Å². The summed E-state index contributed by atoms with van der Waals surface area (Å²) in [7, 11) is 0. The number of nitrogens with two attached hydrogens (primary N) is 1. The van der Waals surface area contributed by atoms with Crippen molar-refractivity contribution in [3.63, 3.8) is 0 Å². The van der Waals surface area contributed by atoms with Crippen LogP contribution >= 0.6 is 0 Å². The Labute approximate surface area is 111 Å². The predicted molar refractivity (Wildman–Crippen MR) is 68.8 cm³/mol. The molecule has 108 valence electrons. The smallest absolute Gasteiger partial charge is 0.346 e. The van der Waals surface area contributed by atoms with E-state index in [0.717, 1.165) is 0 Å². The SMILES string of the molecule is Nc1nc(=O)[nH]cc1CO.O=c1[nH]cc(CO)c(=O)[nH]1. The van der Waals surface area contributed by atoms with Gasteiger partial charge in [-0.2, -0.15) is 4.98 Å². The Kier molecular flexibility index (Phi) is 5.38. The minimum absolute atomic E-state index is 0.0752. The number of nitrogen functional groups attached to an aromatic ring is 1. The monoisotopic (exact) mass is 283 g/mol. The highest BCUT2D eigenvalue weighted by Crippen LogP contribution is 2.00. The molecule has 0 unspecified atom stereocenters. The highest BCUT2D eigenvalue weighted by molar-refractivity contribution is 5.35. The van der Waals surface area contributed by atoms with Crippen LogP contribution in [0, 0.1) is 0 Å². The molecule has 0 aliphatic rings. The minimum Gasteiger partial charge on any atom is -0.391 e. The maximum absolute atomic E-state index is 10.6. The van der Waals surface area contributed by atoms with Gasteiger partial charge in [-0.1, -0.05) is 0 Å². The van der Waals surface area contributed by atoms with E-state index in [2.05, 4.69) is 15.0 Å². The van der Waals surface area contributed by atoms with Crippen molar-refractivity contribution in [2.24, 2.45) is 0 Å². The number of aliphatic hydroxyl groups is 2. The Bertz CT molecular complexity index is 732. The third-order valence-electron chi connectivity index (χ3n) is 2.16. The number of rotatable bonds is 2. The number of aromatic amines is 3. The molecule has 10 nitrogen and oxygen atoms in total. The van der Waals surface area contributed by atoms with Crippen LogP contribution in [0.1, 0.15) is 11.1 Å². The summed E-state index contributed by atoms with van der Waals surface area (Å²) >= 11 is 0. The van der Waals surface area contributed by atoms with E-state index in [1.807, 2.05) is 4.98 Å². The van der Waals surface area contributed by atoms with Gasteiger partial charge in [0.25, 0.3) is 5.56 Å². The first-order chi connectivity index (χ1) is 9.47. The minimum atomic E-state index is -0.567. The first-order valence-electron chi connectivity index (χ1n) is 5.34. The van der Waals surface area contributed by atoms with Gasteiger partial charge in [-0.3, -0.25) is 9.78 Å². The van der Waals surface area contributed by atoms with Gasteiger partial charge in [0.2, 0.25) is 0 Å².